The van der Waals surface area contributed by atoms with Crippen molar-refractivity contribution in [3.05, 3.63) is 29.8 Å². The minimum absolute atomic E-state index is 0.170. The van der Waals surface area contributed by atoms with Gasteiger partial charge in [-0.15, -0.1) is 0 Å². The van der Waals surface area contributed by atoms with E-state index >= 15 is 0 Å². The van der Waals surface area contributed by atoms with Gasteiger partial charge >= 0.3 is 0 Å². The Balaban J connectivity index is 2.42. The molecule has 0 bridgehead atoms. The van der Waals surface area contributed by atoms with Crippen molar-refractivity contribution in [2.45, 2.75) is 19.8 Å². The van der Waals surface area contributed by atoms with Crippen molar-refractivity contribution in [2.24, 2.45) is 10.8 Å². The topological polar surface area (TPSA) is 70.6 Å². The van der Waals surface area contributed by atoms with Gasteiger partial charge in [-0.2, -0.15) is 5.10 Å². The van der Waals surface area contributed by atoms with Crippen LogP contribution in [0.5, 0.6) is 5.75 Å². The zero-order valence-corrected chi connectivity index (χ0v) is 9.92. The lowest BCUT2D eigenvalue weighted by Gasteiger charge is -2.02. The van der Waals surface area contributed by atoms with Gasteiger partial charge in [-0.1, -0.05) is 12.1 Å². The van der Waals surface area contributed by atoms with E-state index in [4.69, 9.17) is 10.8 Å². The monoisotopic (exact) mass is 237 g/mol. The summed E-state index contributed by atoms with van der Waals surface area (Å²) in [6, 6.07) is 7.14. The van der Waals surface area contributed by atoms with Crippen LogP contribution in [0.1, 0.15) is 18.9 Å². The van der Waals surface area contributed by atoms with Crippen LogP contribution in [-0.4, -0.2) is 15.9 Å². The zero-order valence-electron chi connectivity index (χ0n) is 9.10. The molecule has 0 heterocycles. The van der Waals surface area contributed by atoms with Crippen LogP contribution < -0.4 is 11.2 Å². The number of benzene rings is 1. The van der Waals surface area contributed by atoms with Gasteiger partial charge in [0, 0.05) is 5.71 Å². The van der Waals surface area contributed by atoms with Gasteiger partial charge in [-0.25, -0.2) is 0 Å². The number of hydrogen-bond acceptors (Lipinski definition) is 3. The molecule has 0 fully saturated rings. The fourth-order valence-electron chi connectivity index (χ4n) is 1.19. The van der Waals surface area contributed by atoms with Crippen LogP contribution in [0.15, 0.2) is 29.4 Å². The van der Waals surface area contributed by atoms with Crippen LogP contribution in [0.3, 0.4) is 0 Å². The number of thiocarbonyl (C=S) groups is 1. The summed E-state index contributed by atoms with van der Waals surface area (Å²) in [7, 11) is 0. The number of aryl methyl sites for hydroxylation is 1. The molecule has 0 radical (unpaired) electrons. The number of aromatic hydroxyl groups is 1. The Morgan fingerprint density at radius 2 is 2.06 bits per heavy atom. The average Bonchev–Trinajstić information content (AvgIpc) is 2.25. The lowest BCUT2D eigenvalue weighted by Crippen LogP contribution is -2.25. The molecule has 86 valence electrons. The second-order valence-corrected chi connectivity index (χ2v) is 3.93. The second-order valence-electron chi connectivity index (χ2n) is 3.49. The van der Waals surface area contributed by atoms with Gasteiger partial charge in [0.05, 0.1) is 0 Å². The molecule has 1 aromatic rings. The SMILES string of the molecule is C/C(CCc1ccc(O)cc1)=N\NC(N)=S. The molecule has 0 aliphatic carbocycles. The Morgan fingerprint density at radius 3 is 2.62 bits per heavy atom. The van der Waals surface area contributed by atoms with Gasteiger partial charge in [0.25, 0.3) is 0 Å². The highest BCUT2D eigenvalue weighted by atomic mass is 32.1. The van der Waals surface area contributed by atoms with E-state index in [1.54, 1.807) is 12.1 Å². The van der Waals surface area contributed by atoms with Crippen molar-refractivity contribution in [3.8, 4) is 5.75 Å². The number of nitrogens with zero attached hydrogens (tertiary/aromatic N) is 1. The third kappa shape index (κ3) is 4.75. The molecule has 0 atom stereocenters. The molecule has 5 heteroatoms. The van der Waals surface area contributed by atoms with Crippen molar-refractivity contribution in [2.75, 3.05) is 0 Å². The molecule has 0 aliphatic heterocycles. The van der Waals surface area contributed by atoms with Gasteiger partial charge in [0.1, 0.15) is 5.75 Å². The van der Waals surface area contributed by atoms with E-state index in [2.05, 4.69) is 22.7 Å². The highest BCUT2D eigenvalue weighted by molar-refractivity contribution is 7.80. The normalized spacial score (nSPS) is 11.2. The lowest BCUT2D eigenvalue weighted by molar-refractivity contribution is 0.475. The molecule has 16 heavy (non-hydrogen) atoms. The molecule has 1 rings (SSSR count). The third-order valence-electron chi connectivity index (χ3n) is 2.07. The van der Waals surface area contributed by atoms with Crippen LogP contribution in [0.25, 0.3) is 0 Å². The fourth-order valence-corrected chi connectivity index (χ4v) is 1.24. The quantitative estimate of drug-likeness (QED) is 0.422. The fraction of sp³-hybridized carbons (Fsp3) is 0.273. The smallest absolute Gasteiger partial charge is 0.184 e. The van der Waals surface area contributed by atoms with E-state index in [0.717, 1.165) is 24.1 Å². The van der Waals surface area contributed by atoms with Crippen molar-refractivity contribution < 1.29 is 5.11 Å². The molecule has 0 saturated carbocycles. The first kappa shape index (κ1) is 12.4. The Labute approximate surface area is 100 Å². The highest BCUT2D eigenvalue weighted by Gasteiger charge is 1.96. The van der Waals surface area contributed by atoms with Crippen LogP contribution in [-0.2, 0) is 6.42 Å². The van der Waals surface area contributed by atoms with E-state index in [0.29, 0.717) is 0 Å². The number of rotatable bonds is 4. The summed E-state index contributed by atoms with van der Waals surface area (Å²) >= 11 is 4.64. The predicted molar refractivity (Wildman–Crippen MR) is 69.5 cm³/mol. The molecule has 4 nitrogen and oxygen atoms in total. The number of nitrogens with one attached hydrogen (secondary N) is 1. The number of phenolic OH excluding ortho intramolecular Hbond substituents is 1. The van der Waals surface area contributed by atoms with Gasteiger partial charge in [0.15, 0.2) is 5.11 Å². The van der Waals surface area contributed by atoms with Crippen molar-refractivity contribution in [1.29, 1.82) is 0 Å². The maximum Gasteiger partial charge on any atom is 0.184 e. The first-order valence-corrected chi connectivity index (χ1v) is 5.35. The maximum absolute atomic E-state index is 9.12. The number of nitrogens with two attached hydrogens (primary N) is 1. The zero-order chi connectivity index (χ0) is 12.0. The molecular formula is C11H15N3OS. The number of hydrazone groups is 1. The predicted octanol–water partition coefficient (Wildman–Crippen LogP) is 1.53. The van der Waals surface area contributed by atoms with Gasteiger partial charge in [-0.05, 0) is 49.7 Å². The molecule has 0 saturated heterocycles. The summed E-state index contributed by atoms with van der Waals surface area (Å²) in [6.45, 7) is 1.91. The lowest BCUT2D eigenvalue weighted by atomic mass is 10.1. The van der Waals surface area contributed by atoms with E-state index in [-0.39, 0.29) is 10.9 Å². The second kappa shape index (κ2) is 6.07. The molecule has 0 spiro atoms. The standard InChI is InChI=1S/C11H15N3OS/c1-8(13-14-11(12)16)2-3-9-4-6-10(15)7-5-9/h4-7,15H,2-3H2,1H3,(H3,12,14,16)/b13-8+. The molecule has 0 amide bonds. The largest absolute Gasteiger partial charge is 0.508 e. The summed E-state index contributed by atoms with van der Waals surface area (Å²) < 4.78 is 0. The summed E-state index contributed by atoms with van der Waals surface area (Å²) in [6.07, 6.45) is 1.69. The summed E-state index contributed by atoms with van der Waals surface area (Å²) in [5.41, 5.74) is 9.88. The summed E-state index contributed by atoms with van der Waals surface area (Å²) in [5.74, 6) is 0.282. The van der Waals surface area contributed by atoms with Crippen molar-refractivity contribution in [1.82, 2.24) is 5.43 Å². The van der Waals surface area contributed by atoms with Gasteiger partial charge in [-0.3, -0.25) is 5.43 Å². The van der Waals surface area contributed by atoms with Crippen molar-refractivity contribution >= 4 is 23.0 Å². The Hall–Kier alpha value is -1.62. The van der Waals surface area contributed by atoms with E-state index in [1.165, 1.54) is 0 Å². The van der Waals surface area contributed by atoms with E-state index in [9.17, 15) is 0 Å². The van der Waals surface area contributed by atoms with Gasteiger partial charge in [0.2, 0.25) is 0 Å². The Bertz CT molecular complexity index is 387. The van der Waals surface area contributed by atoms with Gasteiger partial charge < -0.3 is 10.8 Å². The first-order chi connectivity index (χ1) is 7.58. The molecule has 0 aliphatic rings. The molecule has 0 aromatic heterocycles. The third-order valence-corrected chi connectivity index (χ3v) is 2.16. The van der Waals surface area contributed by atoms with E-state index in [1.807, 2.05) is 19.1 Å². The summed E-state index contributed by atoms with van der Waals surface area (Å²) in [4.78, 5) is 0. The first-order valence-electron chi connectivity index (χ1n) is 4.94. The average molecular weight is 237 g/mol. The number of hydrogen-bond donors (Lipinski definition) is 3. The van der Waals surface area contributed by atoms with Crippen molar-refractivity contribution in [3.63, 3.8) is 0 Å². The van der Waals surface area contributed by atoms with Crippen LogP contribution in [0, 0.1) is 0 Å². The maximum atomic E-state index is 9.12. The minimum Gasteiger partial charge on any atom is -0.508 e. The highest BCUT2D eigenvalue weighted by Crippen LogP contribution is 2.11. The van der Waals surface area contributed by atoms with E-state index < -0.39 is 0 Å². The molecular weight excluding hydrogens is 222 g/mol. The van der Waals surface area contributed by atoms with Crippen LogP contribution in [0.4, 0.5) is 0 Å². The molecule has 4 N–H and O–H groups in total. The van der Waals surface area contributed by atoms with Crippen LogP contribution in [0.2, 0.25) is 0 Å². The van der Waals surface area contributed by atoms with Crippen LogP contribution >= 0.6 is 12.2 Å². The Morgan fingerprint density at radius 1 is 1.44 bits per heavy atom. The molecule has 1 aromatic carbocycles. The molecule has 0 unspecified atom stereocenters. The summed E-state index contributed by atoms with van der Waals surface area (Å²) in [5, 5.41) is 13.3. The minimum atomic E-state index is 0.170. The number of phenols is 1. The Kier molecular flexibility index (Phi) is 4.72.